The number of ether oxygens (including phenoxy) is 1. The van der Waals surface area contributed by atoms with Gasteiger partial charge in [-0.15, -0.1) is 11.3 Å². The summed E-state index contributed by atoms with van der Waals surface area (Å²) in [5.41, 5.74) is 3.44. The van der Waals surface area contributed by atoms with Crippen LogP contribution in [-0.2, 0) is 6.42 Å². The van der Waals surface area contributed by atoms with E-state index in [0.717, 1.165) is 27.7 Å². The van der Waals surface area contributed by atoms with Crippen molar-refractivity contribution in [3.05, 3.63) is 44.9 Å². The van der Waals surface area contributed by atoms with Gasteiger partial charge in [0, 0.05) is 12.3 Å². The molecule has 21 heavy (non-hydrogen) atoms. The second-order valence-electron chi connectivity index (χ2n) is 5.63. The van der Waals surface area contributed by atoms with Crippen molar-refractivity contribution in [2.75, 3.05) is 6.61 Å². The van der Waals surface area contributed by atoms with E-state index in [4.69, 9.17) is 10.00 Å². The van der Waals surface area contributed by atoms with Crippen LogP contribution in [0.3, 0.4) is 0 Å². The van der Waals surface area contributed by atoms with Crippen LogP contribution in [0.25, 0.3) is 0 Å². The molecule has 1 heterocycles. The van der Waals surface area contributed by atoms with Crippen molar-refractivity contribution in [1.29, 1.82) is 5.26 Å². The summed E-state index contributed by atoms with van der Waals surface area (Å²) < 4.78 is 5.81. The molecule has 0 amide bonds. The van der Waals surface area contributed by atoms with E-state index in [-0.39, 0.29) is 0 Å². The molecule has 0 spiro atoms. The minimum absolute atomic E-state index is 0.532. The molecule has 0 radical (unpaired) electrons. The van der Waals surface area contributed by atoms with E-state index in [9.17, 15) is 0 Å². The Hall–Kier alpha value is -1.86. The van der Waals surface area contributed by atoms with Gasteiger partial charge in [0.25, 0.3) is 0 Å². The summed E-state index contributed by atoms with van der Waals surface area (Å²) in [6.45, 7) is 4.75. The van der Waals surface area contributed by atoms with Crippen LogP contribution in [0.2, 0.25) is 0 Å². The Kier molecular flexibility index (Phi) is 3.94. The molecule has 0 aliphatic heterocycles. The van der Waals surface area contributed by atoms with Gasteiger partial charge in [-0.1, -0.05) is 6.07 Å². The van der Waals surface area contributed by atoms with Gasteiger partial charge < -0.3 is 4.74 Å². The van der Waals surface area contributed by atoms with Gasteiger partial charge in [-0.3, -0.25) is 0 Å². The lowest BCUT2D eigenvalue weighted by molar-refractivity contribution is 0.321. The highest BCUT2D eigenvalue weighted by atomic mass is 32.1. The van der Waals surface area contributed by atoms with Gasteiger partial charge in [-0.2, -0.15) is 5.26 Å². The predicted octanol–water partition coefficient (Wildman–Crippen LogP) is 4.13. The Balaban J connectivity index is 1.61. The molecule has 3 rings (SSSR count). The highest BCUT2D eigenvalue weighted by Gasteiger charge is 2.29. The fourth-order valence-electron chi connectivity index (χ4n) is 2.47. The van der Waals surface area contributed by atoms with E-state index in [2.05, 4.69) is 31.0 Å². The minimum atomic E-state index is 0.532. The molecule has 108 valence electrons. The maximum atomic E-state index is 9.16. The number of nitrogens with zero attached hydrogens (tertiary/aromatic N) is 2. The molecule has 0 bridgehead atoms. The average molecular weight is 298 g/mol. The van der Waals surface area contributed by atoms with Gasteiger partial charge >= 0.3 is 0 Å². The Morgan fingerprint density at radius 2 is 2.00 bits per heavy atom. The molecule has 1 aromatic heterocycles. The van der Waals surface area contributed by atoms with E-state index in [1.54, 1.807) is 0 Å². The zero-order valence-corrected chi connectivity index (χ0v) is 13.2. The van der Waals surface area contributed by atoms with Gasteiger partial charge in [-0.25, -0.2) is 4.98 Å². The Bertz CT molecular complexity index is 675. The molecule has 3 nitrogen and oxygen atoms in total. The zero-order valence-electron chi connectivity index (χ0n) is 12.3. The number of aryl methyl sites for hydroxylation is 2. The number of hydrogen-bond acceptors (Lipinski definition) is 4. The standard InChI is InChI=1S/C17H18N2OS/c1-11-7-12(2)9-14(8-11)20-6-5-16-19-17(13-3-4-13)15(10-18)21-16/h7-9,13H,3-6H2,1-2H3. The summed E-state index contributed by atoms with van der Waals surface area (Å²) in [6, 6.07) is 8.50. The lowest BCUT2D eigenvalue weighted by atomic mass is 10.1. The largest absolute Gasteiger partial charge is 0.493 e. The van der Waals surface area contributed by atoms with Crippen molar-refractivity contribution in [2.45, 2.75) is 39.0 Å². The van der Waals surface area contributed by atoms with Gasteiger partial charge in [0.1, 0.15) is 16.7 Å². The van der Waals surface area contributed by atoms with Crippen LogP contribution < -0.4 is 4.74 Å². The van der Waals surface area contributed by atoms with Crippen LogP contribution in [0, 0.1) is 25.2 Å². The third kappa shape index (κ3) is 3.43. The first-order valence-electron chi connectivity index (χ1n) is 7.26. The summed E-state index contributed by atoms with van der Waals surface area (Å²) in [6.07, 6.45) is 3.12. The molecule has 2 aromatic rings. The number of benzene rings is 1. The summed E-state index contributed by atoms with van der Waals surface area (Å²) >= 11 is 1.52. The molecule has 1 saturated carbocycles. The molecule has 4 heteroatoms. The summed E-state index contributed by atoms with van der Waals surface area (Å²) in [5.74, 6) is 1.44. The summed E-state index contributed by atoms with van der Waals surface area (Å²) in [7, 11) is 0. The number of nitriles is 1. The second-order valence-corrected chi connectivity index (χ2v) is 6.71. The van der Waals surface area contributed by atoms with Crippen LogP contribution in [0.15, 0.2) is 18.2 Å². The lowest BCUT2D eigenvalue weighted by Gasteiger charge is -2.07. The normalized spacial score (nSPS) is 14.0. The van der Waals surface area contributed by atoms with E-state index in [1.807, 2.05) is 12.1 Å². The minimum Gasteiger partial charge on any atom is -0.493 e. The maximum Gasteiger partial charge on any atom is 0.128 e. The fourth-order valence-corrected chi connectivity index (χ4v) is 3.40. The predicted molar refractivity (Wildman–Crippen MR) is 83.9 cm³/mol. The third-order valence-electron chi connectivity index (χ3n) is 3.54. The van der Waals surface area contributed by atoms with Gasteiger partial charge in [-0.05, 0) is 49.9 Å². The number of rotatable bonds is 5. The van der Waals surface area contributed by atoms with Crippen molar-refractivity contribution < 1.29 is 4.74 Å². The molecule has 0 unspecified atom stereocenters. The number of hydrogen-bond donors (Lipinski definition) is 0. The maximum absolute atomic E-state index is 9.16. The van der Waals surface area contributed by atoms with Crippen LogP contribution in [0.5, 0.6) is 5.75 Å². The molecule has 0 atom stereocenters. The Morgan fingerprint density at radius 1 is 1.29 bits per heavy atom. The Labute approximate surface area is 129 Å². The quantitative estimate of drug-likeness (QED) is 0.833. The molecular weight excluding hydrogens is 280 g/mol. The lowest BCUT2D eigenvalue weighted by Crippen LogP contribution is -2.01. The highest BCUT2D eigenvalue weighted by Crippen LogP contribution is 2.42. The monoisotopic (exact) mass is 298 g/mol. The SMILES string of the molecule is Cc1cc(C)cc(OCCc2nc(C3CC3)c(C#N)s2)c1. The van der Waals surface area contributed by atoms with Crippen molar-refractivity contribution >= 4 is 11.3 Å². The van der Waals surface area contributed by atoms with Crippen LogP contribution in [-0.4, -0.2) is 11.6 Å². The molecule has 0 N–H and O–H groups in total. The molecule has 1 aliphatic carbocycles. The third-order valence-corrected chi connectivity index (χ3v) is 4.58. The smallest absolute Gasteiger partial charge is 0.128 e. The topological polar surface area (TPSA) is 45.9 Å². The first kappa shape index (κ1) is 14.1. The van der Waals surface area contributed by atoms with E-state index in [1.165, 1.54) is 35.3 Å². The second kappa shape index (κ2) is 5.87. The average Bonchev–Trinajstić information content (AvgIpc) is 3.19. The van der Waals surface area contributed by atoms with Crippen LogP contribution >= 0.6 is 11.3 Å². The Morgan fingerprint density at radius 3 is 2.62 bits per heavy atom. The molecular formula is C17H18N2OS. The number of aromatic nitrogens is 1. The number of thiazole rings is 1. The molecule has 1 fully saturated rings. The zero-order chi connectivity index (χ0) is 14.8. The molecule has 1 aliphatic rings. The van der Waals surface area contributed by atoms with Crippen LogP contribution in [0.4, 0.5) is 0 Å². The summed E-state index contributed by atoms with van der Waals surface area (Å²) in [5, 5.41) is 10.2. The van der Waals surface area contributed by atoms with E-state index in [0.29, 0.717) is 12.5 Å². The first-order chi connectivity index (χ1) is 10.2. The van der Waals surface area contributed by atoms with E-state index < -0.39 is 0 Å². The van der Waals surface area contributed by atoms with E-state index >= 15 is 0 Å². The first-order valence-corrected chi connectivity index (χ1v) is 8.08. The van der Waals surface area contributed by atoms with Crippen LogP contribution in [0.1, 0.15) is 45.5 Å². The van der Waals surface area contributed by atoms with Crippen molar-refractivity contribution in [2.24, 2.45) is 0 Å². The van der Waals surface area contributed by atoms with Gasteiger partial charge in [0.2, 0.25) is 0 Å². The highest BCUT2D eigenvalue weighted by molar-refractivity contribution is 7.12. The molecule has 1 aromatic carbocycles. The summed E-state index contributed by atoms with van der Waals surface area (Å²) in [4.78, 5) is 5.42. The van der Waals surface area contributed by atoms with Crippen molar-refractivity contribution in [1.82, 2.24) is 4.98 Å². The van der Waals surface area contributed by atoms with Crippen molar-refractivity contribution in [3.8, 4) is 11.8 Å². The van der Waals surface area contributed by atoms with Gasteiger partial charge in [0.15, 0.2) is 0 Å². The molecule has 0 saturated heterocycles. The fraction of sp³-hybridized carbons (Fsp3) is 0.412. The van der Waals surface area contributed by atoms with Gasteiger partial charge in [0.05, 0.1) is 17.3 Å². The van der Waals surface area contributed by atoms with Crippen molar-refractivity contribution in [3.63, 3.8) is 0 Å².